The minimum atomic E-state index is 0.780. The number of allylic oxidation sites excluding steroid dienone is 1. The normalized spacial score (nSPS) is 36.0. The molecule has 2 saturated heterocycles. The first kappa shape index (κ1) is 8.12. The summed E-state index contributed by atoms with van der Waals surface area (Å²) in [5.74, 6) is 0. The van der Waals surface area contributed by atoms with Crippen molar-refractivity contribution >= 4 is 5.57 Å². The van der Waals surface area contributed by atoms with Gasteiger partial charge in [-0.15, -0.1) is 0 Å². The van der Waals surface area contributed by atoms with Crippen LogP contribution < -0.4 is 0 Å². The van der Waals surface area contributed by atoms with E-state index < -0.39 is 0 Å². The molecule has 3 aliphatic rings. The predicted octanol–water partition coefficient (Wildman–Crippen LogP) is 2.47. The molecule has 3 unspecified atom stereocenters. The first-order valence-electron chi connectivity index (χ1n) is 5.99. The molecule has 0 radical (unpaired) electrons. The van der Waals surface area contributed by atoms with Gasteiger partial charge in [0.2, 0.25) is 0 Å². The maximum absolute atomic E-state index is 2.66. The zero-order chi connectivity index (χ0) is 9.83. The molecule has 1 aromatic carbocycles. The third-order valence-corrected chi connectivity index (χ3v) is 4.16. The molecule has 2 aliphatic heterocycles. The zero-order valence-electron chi connectivity index (χ0n) is 8.82. The Balaban J connectivity index is 1.70. The summed E-state index contributed by atoms with van der Waals surface area (Å²) in [6, 6.07) is 10.6. The Kier molecular flexibility index (Phi) is 1.48. The summed E-state index contributed by atoms with van der Waals surface area (Å²) >= 11 is 0. The summed E-state index contributed by atoms with van der Waals surface area (Å²) in [6.07, 6.45) is 6.44. The lowest BCUT2D eigenvalue weighted by atomic mass is 10.0. The Morgan fingerprint density at radius 1 is 1.20 bits per heavy atom. The Morgan fingerprint density at radius 2 is 2.13 bits per heavy atom. The number of benzene rings is 1. The largest absolute Gasteiger partial charge is 0.290 e. The number of rotatable bonds is 1. The van der Waals surface area contributed by atoms with Crippen LogP contribution in [0.25, 0.3) is 5.57 Å². The van der Waals surface area contributed by atoms with E-state index in [2.05, 4.69) is 35.2 Å². The zero-order valence-corrected chi connectivity index (χ0v) is 8.82. The highest BCUT2D eigenvalue weighted by atomic mass is 15.4. The van der Waals surface area contributed by atoms with Crippen molar-refractivity contribution in [1.29, 1.82) is 0 Å². The van der Waals surface area contributed by atoms with E-state index in [0.717, 1.165) is 18.5 Å². The van der Waals surface area contributed by atoms with Crippen LogP contribution in [0.2, 0.25) is 0 Å². The number of hydrogen-bond acceptors (Lipinski definition) is 1. The Bertz CT molecular complexity index is 436. The SMILES string of the molecule is C1=C(C2C3CCCN32)c2ccccc2C1. The van der Waals surface area contributed by atoms with Gasteiger partial charge in [0.25, 0.3) is 0 Å². The van der Waals surface area contributed by atoms with Crippen molar-refractivity contribution in [2.75, 3.05) is 6.54 Å². The van der Waals surface area contributed by atoms with Crippen LogP contribution in [0.5, 0.6) is 0 Å². The van der Waals surface area contributed by atoms with E-state index in [1.807, 2.05) is 0 Å². The second-order valence-electron chi connectivity index (χ2n) is 4.91. The molecule has 2 heterocycles. The summed E-state index contributed by atoms with van der Waals surface area (Å²) in [4.78, 5) is 2.66. The lowest BCUT2D eigenvalue weighted by molar-refractivity contribution is 0.568. The van der Waals surface area contributed by atoms with Crippen LogP contribution in [0.1, 0.15) is 24.0 Å². The van der Waals surface area contributed by atoms with Crippen LogP contribution >= 0.6 is 0 Å². The van der Waals surface area contributed by atoms with Gasteiger partial charge in [-0.25, -0.2) is 0 Å². The Morgan fingerprint density at radius 3 is 3.00 bits per heavy atom. The Hall–Kier alpha value is -1.08. The summed E-state index contributed by atoms with van der Waals surface area (Å²) in [6.45, 7) is 1.33. The van der Waals surface area contributed by atoms with Crippen LogP contribution in [0, 0.1) is 0 Å². The fourth-order valence-electron chi connectivity index (χ4n) is 3.42. The number of piperidine rings is 1. The lowest BCUT2D eigenvalue weighted by Crippen LogP contribution is -2.04. The minimum absolute atomic E-state index is 0.780. The third kappa shape index (κ3) is 1.02. The van der Waals surface area contributed by atoms with Crippen LogP contribution in [-0.4, -0.2) is 23.5 Å². The molecule has 76 valence electrons. The van der Waals surface area contributed by atoms with Crippen LogP contribution in [0.3, 0.4) is 0 Å². The molecule has 0 N–H and O–H groups in total. The number of fused-ring (bicyclic) bond motifs is 2. The average molecular weight is 197 g/mol. The van der Waals surface area contributed by atoms with Crippen molar-refractivity contribution < 1.29 is 0 Å². The summed E-state index contributed by atoms with van der Waals surface area (Å²) in [5, 5.41) is 0. The molecular weight excluding hydrogens is 182 g/mol. The lowest BCUT2D eigenvalue weighted by Gasteiger charge is -2.06. The van der Waals surface area contributed by atoms with Crippen molar-refractivity contribution in [3.8, 4) is 0 Å². The molecule has 0 bridgehead atoms. The molecule has 0 saturated carbocycles. The molecule has 0 amide bonds. The van der Waals surface area contributed by atoms with E-state index in [1.54, 1.807) is 5.57 Å². The molecular formula is C14H15N. The fraction of sp³-hybridized carbons (Fsp3) is 0.429. The van der Waals surface area contributed by atoms with Gasteiger partial charge in [0.05, 0.1) is 6.04 Å². The maximum Gasteiger partial charge on any atom is 0.0510 e. The standard InChI is InChI=1S/C14H15N/c1-2-5-11-10(4-1)7-8-12(11)14-13-6-3-9-15(13)14/h1-2,4-5,8,13-14H,3,6-7,9H2. The molecule has 15 heavy (non-hydrogen) atoms. The molecule has 0 aromatic heterocycles. The molecule has 3 atom stereocenters. The topological polar surface area (TPSA) is 3.01 Å². The molecule has 1 aromatic rings. The molecule has 1 nitrogen and oxygen atoms in total. The summed E-state index contributed by atoms with van der Waals surface area (Å²) < 4.78 is 0. The molecule has 4 rings (SSSR count). The summed E-state index contributed by atoms with van der Waals surface area (Å²) in [7, 11) is 0. The van der Waals surface area contributed by atoms with Gasteiger partial charge in [-0.05, 0) is 42.5 Å². The molecule has 1 heteroatoms. The highest BCUT2D eigenvalue weighted by Gasteiger charge is 2.52. The van der Waals surface area contributed by atoms with Crippen molar-refractivity contribution in [3.63, 3.8) is 0 Å². The van der Waals surface area contributed by atoms with E-state index in [1.165, 1.54) is 30.5 Å². The van der Waals surface area contributed by atoms with Crippen molar-refractivity contribution in [2.24, 2.45) is 0 Å². The first-order chi connectivity index (χ1) is 7.45. The van der Waals surface area contributed by atoms with Gasteiger partial charge in [0, 0.05) is 6.04 Å². The van der Waals surface area contributed by atoms with Gasteiger partial charge < -0.3 is 0 Å². The van der Waals surface area contributed by atoms with Crippen molar-refractivity contribution in [1.82, 2.24) is 4.90 Å². The molecule has 1 aliphatic carbocycles. The van der Waals surface area contributed by atoms with E-state index >= 15 is 0 Å². The fourth-order valence-corrected chi connectivity index (χ4v) is 3.42. The van der Waals surface area contributed by atoms with Gasteiger partial charge in [-0.2, -0.15) is 0 Å². The van der Waals surface area contributed by atoms with E-state index in [-0.39, 0.29) is 0 Å². The third-order valence-electron chi connectivity index (χ3n) is 4.16. The van der Waals surface area contributed by atoms with Gasteiger partial charge in [0.1, 0.15) is 0 Å². The first-order valence-corrected chi connectivity index (χ1v) is 5.99. The minimum Gasteiger partial charge on any atom is -0.290 e. The number of nitrogens with zero attached hydrogens (tertiary/aromatic N) is 1. The van der Waals surface area contributed by atoms with Gasteiger partial charge in [-0.1, -0.05) is 30.3 Å². The van der Waals surface area contributed by atoms with Crippen molar-refractivity contribution in [2.45, 2.75) is 31.3 Å². The highest BCUT2D eigenvalue weighted by Crippen LogP contribution is 2.47. The maximum atomic E-state index is 2.66. The van der Waals surface area contributed by atoms with Gasteiger partial charge >= 0.3 is 0 Å². The molecule has 2 fully saturated rings. The van der Waals surface area contributed by atoms with Crippen molar-refractivity contribution in [3.05, 3.63) is 41.5 Å². The average Bonchev–Trinajstić information content (AvgIpc) is 2.73. The summed E-state index contributed by atoms with van der Waals surface area (Å²) in [5.41, 5.74) is 4.67. The van der Waals surface area contributed by atoms with E-state index in [4.69, 9.17) is 0 Å². The van der Waals surface area contributed by atoms with E-state index in [9.17, 15) is 0 Å². The van der Waals surface area contributed by atoms with Crippen LogP contribution in [0.15, 0.2) is 30.3 Å². The second-order valence-corrected chi connectivity index (χ2v) is 4.91. The monoisotopic (exact) mass is 197 g/mol. The van der Waals surface area contributed by atoms with Crippen LogP contribution in [-0.2, 0) is 6.42 Å². The van der Waals surface area contributed by atoms with E-state index in [0.29, 0.717) is 0 Å². The van der Waals surface area contributed by atoms with Gasteiger partial charge in [-0.3, -0.25) is 4.90 Å². The second kappa shape index (κ2) is 2.73. The van der Waals surface area contributed by atoms with Gasteiger partial charge in [0.15, 0.2) is 0 Å². The highest BCUT2D eigenvalue weighted by molar-refractivity contribution is 5.79. The predicted molar refractivity (Wildman–Crippen MR) is 61.6 cm³/mol. The van der Waals surface area contributed by atoms with Crippen LogP contribution in [0.4, 0.5) is 0 Å². The number of hydrogen-bond donors (Lipinski definition) is 0. The molecule has 0 spiro atoms. The smallest absolute Gasteiger partial charge is 0.0510 e. The Labute approximate surface area is 90.4 Å². The quantitative estimate of drug-likeness (QED) is 0.625.